The predicted octanol–water partition coefficient (Wildman–Crippen LogP) is 1.50. The smallest absolute Gasteiger partial charge is 0.344 e. The Kier molecular flexibility index (Phi) is 6.02. The van der Waals surface area contributed by atoms with Crippen molar-refractivity contribution in [2.75, 3.05) is 18.9 Å². The molecule has 116 valence electrons. The van der Waals surface area contributed by atoms with E-state index >= 15 is 0 Å². The molecule has 1 rings (SSSR count). The summed E-state index contributed by atoms with van der Waals surface area (Å²) in [7, 11) is 0. The third kappa shape index (κ3) is 6.65. The van der Waals surface area contributed by atoms with Crippen LogP contribution in [-0.4, -0.2) is 30.6 Å². The minimum absolute atomic E-state index is 0.270. The number of ether oxygens (including phenoxy) is 2. The van der Waals surface area contributed by atoms with Gasteiger partial charge in [0, 0.05) is 17.3 Å². The van der Waals surface area contributed by atoms with Gasteiger partial charge >= 0.3 is 5.97 Å². The van der Waals surface area contributed by atoms with E-state index in [1.807, 2.05) is 20.8 Å². The summed E-state index contributed by atoms with van der Waals surface area (Å²) in [6.07, 6.45) is 0.783. The molecule has 0 heterocycles. The molecule has 1 aromatic rings. The Labute approximate surface area is 124 Å². The Hall–Kier alpha value is -2.24. The highest BCUT2D eigenvalue weighted by atomic mass is 16.6. The molecule has 1 aromatic carbocycles. The van der Waals surface area contributed by atoms with Crippen molar-refractivity contribution in [1.82, 2.24) is 5.32 Å². The molecule has 3 N–H and O–H groups in total. The van der Waals surface area contributed by atoms with Crippen molar-refractivity contribution < 1.29 is 19.1 Å². The second-order valence-electron chi connectivity index (χ2n) is 5.31. The zero-order valence-corrected chi connectivity index (χ0v) is 12.6. The monoisotopic (exact) mass is 294 g/mol. The second kappa shape index (κ2) is 7.52. The minimum Gasteiger partial charge on any atom is -0.482 e. The van der Waals surface area contributed by atoms with Crippen LogP contribution < -0.4 is 15.8 Å². The third-order valence-corrected chi connectivity index (χ3v) is 2.94. The molecule has 0 aromatic heterocycles. The van der Waals surface area contributed by atoms with Crippen LogP contribution in [0.5, 0.6) is 5.75 Å². The fraction of sp³-hybridized carbons (Fsp3) is 0.467. The van der Waals surface area contributed by atoms with E-state index in [0.717, 1.165) is 6.42 Å². The maximum Gasteiger partial charge on any atom is 0.344 e. The molecule has 0 aliphatic heterocycles. The van der Waals surface area contributed by atoms with E-state index in [1.54, 1.807) is 24.3 Å². The molecule has 0 radical (unpaired) electrons. The molecule has 6 nitrogen and oxygen atoms in total. The number of carbonyl (C=O) groups excluding carboxylic acids is 2. The van der Waals surface area contributed by atoms with Gasteiger partial charge in [0.15, 0.2) is 13.2 Å². The fourth-order valence-electron chi connectivity index (χ4n) is 1.44. The van der Waals surface area contributed by atoms with Crippen molar-refractivity contribution in [2.24, 2.45) is 0 Å². The van der Waals surface area contributed by atoms with Gasteiger partial charge < -0.3 is 20.5 Å². The number of benzene rings is 1. The topological polar surface area (TPSA) is 90.6 Å². The van der Waals surface area contributed by atoms with Crippen LogP contribution in [0, 0.1) is 0 Å². The van der Waals surface area contributed by atoms with Crippen molar-refractivity contribution in [1.29, 1.82) is 0 Å². The highest BCUT2D eigenvalue weighted by Crippen LogP contribution is 2.14. The van der Waals surface area contributed by atoms with Gasteiger partial charge in [-0.05, 0) is 32.4 Å². The number of rotatable bonds is 7. The van der Waals surface area contributed by atoms with E-state index in [0.29, 0.717) is 11.4 Å². The largest absolute Gasteiger partial charge is 0.482 e. The summed E-state index contributed by atoms with van der Waals surface area (Å²) in [5.41, 5.74) is 5.81. The molecular weight excluding hydrogens is 272 g/mol. The van der Waals surface area contributed by atoms with Gasteiger partial charge in [-0.1, -0.05) is 13.0 Å². The van der Waals surface area contributed by atoms with Gasteiger partial charge in [0.25, 0.3) is 5.91 Å². The van der Waals surface area contributed by atoms with Gasteiger partial charge in [0.05, 0.1) is 0 Å². The number of anilines is 1. The number of nitrogens with two attached hydrogens (primary N) is 1. The number of carbonyl (C=O) groups is 2. The molecule has 21 heavy (non-hydrogen) atoms. The van der Waals surface area contributed by atoms with Crippen LogP contribution in [0.25, 0.3) is 0 Å². The number of amides is 1. The number of hydrogen-bond acceptors (Lipinski definition) is 5. The Morgan fingerprint density at radius 3 is 2.62 bits per heavy atom. The van der Waals surface area contributed by atoms with E-state index < -0.39 is 5.97 Å². The normalized spacial score (nSPS) is 10.8. The average Bonchev–Trinajstić information content (AvgIpc) is 2.42. The molecule has 0 atom stereocenters. The minimum atomic E-state index is -0.609. The Bertz CT molecular complexity index is 500. The van der Waals surface area contributed by atoms with Crippen LogP contribution in [0.15, 0.2) is 24.3 Å². The summed E-state index contributed by atoms with van der Waals surface area (Å²) in [5.74, 6) is -0.468. The molecule has 0 spiro atoms. The average molecular weight is 294 g/mol. The summed E-state index contributed by atoms with van der Waals surface area (Å²) < 4.78 is 10.1. The molecule has 0 aliphatic carbocycles. The Morgan fingerprint density at radius 1 is 1.29 bits per heavy atom. The van der Waals surface area contributed by atoms with Crippen LogP contribution in [-0.2, 0) is 14.3 Å². The molecule has 0 aliphatic rings. The maximum atomic E-state index is 11.6. The van der Waals surface area contributed by atoms with E-state index in [1.165, 1.54) is 0 Å². The Balaban J connectivity index is 2.30. The lowest BCUT2D eigenvalue weighted by molar-refractivity contribution is -0.150. The van der Waals surface area contributed by atoms with Crippen molar-refractivity contribution in [3.8, 4) is 5.75 Å². The molecule has 0 bridgehead atoms. The van der Waals surface area contributed by atoms with E-state index in [9.17, 15) is 9.59 Å². The molecule has 0 saturated carbocycles. The summed E-state index contributed by atoms with van der Waals surface area (Å²) in [6.45, 7) is 5.17. The van der Waals surface area contributed by atoms with E-state index in [2.05, 4.69) is 5.32 Å². The molecule has 6 heteroatoms. The van der Waals surface area contributed by atoms with Gasteiger partial charge in [-0.2, -0.15) is 0 Å². The second-order valence-corrected chi connectivity index (χ2v) is 5.31. The van der Waals surface area contributed by atoms with Gasteiger partial charge in [-0.25, -0.2) is 4.79 Å². The van der Waals surface area contributed by atoms with Gasteiger partial charge in [0.1, 0.15) is 5.75 Å². The van der Waals surface area contributed by atoms with E-state index in [-0.39, 0.29) is 24.7 Å². The zero-order valence-electron chi connectivity index (χ0n) is 12.6. The standard InChI is InChI=1S/C15H22N2O4/c1-4-15(2,3)17-13(18)9-21-14(19)10-20-12-7-5-6-11(16)8-12/h5-8H,4,9-10,16H2,1-3H3,(H,17,18). The van der Waals surface area contributed by atoms with Gasteiger partial charge in [0.2, 0.25) is 0 Å². The summed E-state index contributed by atoms with van der Waals surface area (Å²) in [5, 5.41) is 2.77. The van der Waals surface area contributed by atoms with Crippen molar-refractivity contribution in [3.63, 3.8) is 0 Å². The SMILES string of the molecule is CCC(C)(C)NC(=O)COC(=O)COc1cccc(N)c1. The lowest BCUT2D eigenvalue weighted by atomic mass is 10.0. The Morgan fingerprint density at radius 2 is 2.00 bits per heavy atom. The fourth-order valence-corrected chi connectivity index (χ4v) is 1.44. The number of esters is 1. The summed E-state index contributed by atoms with van der Waals surface area (Å²) >= 11 is 0. The summed E-state index contributed by atoms with van der Waals surface area (Å²) in [4.78, 5) is 23.1. The van der Waals surface area contributed by atoms with Crippen molar-refractivity contribution in [2.45, 2.75) is 32.7 Å². The van der Waals surface area contributed by atoms with Crippen LogP contribution in [0.2, 0.25) is 0 Å². The van der Waals surface area contributed by atoms with Crippen molar-refractivity contribution >= 4 is 17.6 Å². The number of hydrogen-bond donors (Lipinski definition) is 2. The van der Waals surface area contributed by atoms with Gasteiger partial charge in [-0.15, -0.1) is 0 Å². The first-order valence-corrected chi connectivity index (χ1v) is 6.77. The van der Waals surface area contributed by atoms with Crippen LogP contribution in [0.4, 0.5) is 5.69 Å². The van der Waals surface area contributed by atoms with Gasteiger partial charge in [-0.3, -0.25) is 4.79 Å². The van der Waals surface area contributed by atoms with Crippen LogP contribution >= 0.6 is 0 Å². The van der Waals surface area contributed by atoms with Crippen LogP contribution in [0.1, 0.15) is 27.2 Å². The van der Waals surface area contributed by atoms with Crippen molar-refractivity contribution in [3.05, 3.63) is 24.3 Å². The molecular formula is C15H22N2O4. The molecule has 0 fully saturated rings. The number of nitrogen functional groups attached to an aromatic ring is 1. The first-order valence-electron chi connectivity index (χ1n) is 6.77. The molecule has 0 unspecified atom stereocenters. The predicted molar refractivity (Wildman–Crippen MR) is 79.8 cm³/mol. The highest BCUT2D eigenvalue weighted by molar-refractivity contribution is 5.81. The molecule has 1 amide bonds. The first-order chi connectivity index (χ1) is 9.82. The van der Waals surface area contributed by atoms with E-state index in [4.69, 9.17) is 15.2 Å². The zero-order chi connectivity index (χ0) is 15.9. The van der Waals surface area contributed by atoms with Crippen LogP contribution in [0.3, 0.4) is 0 Å². The lowest BCUT2D eigenvalue weighted by Crippen LogP contribution is -2.44. The first kappa shape index (κ1) is 16.8. The highest BCUT2D eigenvalue weighted by Gasteiger charge is 2.18. The molecule has 0 saturated heterocycles. The quantitative estimate of drug-likeness (QED) is 0.587. The maximum absolute atomic E-state index is 11.6. The number of nitrogens with one attached hydrogen (secondary N) is 1. The lowest BCUT2D eigenvalue weighted by Gasteiger charge is -2.24. The third-order valence-electron chi connectivity index (χ3n) is 2.94. The summed E-state index contributed by atoms with van der Waals surface area (Å²) in [6, 6.07) is 6.71.